The van der Waals surface area contributed by atoms with Gasteiger partial charge in [0.25, 0.3) is 5.91 Å². The van der Waals surface area contributed by atoms with Crippen LogP contribution in [0.3, 0.4) is 0 Å². The number of fused-ring (bicyclic) bond motifs is 1. The molecule has 1 heterocycles. The van der Waals surface area contributed by atoms with Crippen molar-refractivity contribution in [3.8, 4) is 0 Å². The van der Waals surface area contributed by atoms with E-state index in [1.807, 2.05) is 24.3 Å². The summed E-state index contributed by atoms with van der Waals surface area (Å²) in [6.45, 7) is 2.63. The summed E-state index contributed by atoms with van der Waals surface area (Å²) in [7, 11) is 0. The van der Waals surface area contributed by atoms with Gasteiger partial charge in [0.05, 0.1) is 12.5 Å². The summed E-state index contributed by atoms with van der Waals surface area (Å²) in [5.74, 6) is -2.40. The molecule has 0 saturated carbocycles. The molecule has 8 N–H and O–H groups in total. The first-order chi connectivity index (χ1) is 15.6. The van der Waals surface area contributed by atoms with Crippen molar-refractivity contribution in [1.29, 1.82) is 0 Å². The Morgan fingerprint density at radius 1 is 1.06 bits per heavy atom. The minimum Gasteiger partial charge on any atom is -0.481 e. The van der Waals surface area contributed by atoms with Gasteiger partial charge in [-0.1, -0.05) is 30.3 Å². The first-order valence-corrected chi connectivity index (χ1v) is 10.4. The molecule has 0 aromatic heterocycles. The largest absolute Gasteiger partial charge is 0.481 e. The van der Waals surface area contributed by atoms with Crippen molar-refractivity contribution in [3.05, 3.63) is 65.2 Å². The van der Waals surface area contributed by atoms with E-state index in [0.717, 1.165) is 22.4 Å². The number of amides is 1. The van der Waals surface area contributed by atoms with Gasteiger partial charge in [0.2, 0.25) is 0 Å². The number of carbonyl (C=O) groups is 3. The molecule has 2 atom stereocenters. The van der Waals surface area contributed by atoms with Crippen LogP contribution < -0.4 is 22.1 Å². The predicted molar refractivity (Wildman–Crippen MR) is 125 cm³/mol. The van der Waals surface area contributed by atoms with Crippen molar-refractivity contribution in [1.82, 2.24) is 0 Å². The number of hydrogen-bond acceptors (Lipinski definition) is 5. The Morgan fingerprint density at radius 3 is 2.24 bits per heavy atom. The number of nitrogens with two attached hydrogens (primary N) is 3. The minimum atomic E-state index is -1.00. The number of guanidine groups is 1. The van der Waals surface area contributed by atoms with Gasteiger partial charge in [0.15, 0.2) is 5.96 Å². The highest BCUT2D eigenvalue weighted by atomic mass is 16.4. The lowest BCUT2D eigenvalue weighted by Gasteiger charge is -2.16. The van der Waals surface area contributed by atoms with E-state index in [0.29, 0.717) is 25.9 Å². The molecule has 0 aliphatic carbocycles. The number of hydrogen-bond donors (Lipinski definition) is 5. The molecule has 0 saturated heterocycles. The fourth-order valence-corrected chi connectivity index (χ4v) is 3.19. The quantitative estimate of drug-likeness (QED) is 0.225. The van der Waals surface area contributed by atoms with Crippen LogP contribution in [-0.2, 0) is 16.1 Å². The van der Waals surface area contributed by atoms with Crippen LogP contribution in [0.4, 0.5) is 5.69 Å². The predicted octanol–water partition coefficient (Wildman–Crippen LogP) is 1.49. The summed E-state index contributed by atoms with van der Waals surface area (Å²) >= 11 is 0. The number of nitrogens with zero attached hydrogens (tertiary/aromatic N) is 2. The van der Waals surface area contributed by atoms with E-state index in [1.54, 1.807) is 36.1 Å². The smallest absolute Gasteiger partial charge is 0.320 e. The molecule has 33 heavy (non-hydrogen) atoms. The van der Waals surface area contributed by atoms with Crippen LogP contribution >= 0.6 is 0 Å². The van der Waals surface area contributed by atoms with Crippen LogP contribution in [0.1, 0.15) is 47.2 Å². The third-order valence-corrected chi connectivity index (χ3v) is 5.18. The summed E-state index contributed by atoms with van der Waals surface area (Å²) < 4.78 is 0. The van der Waals surface area contributed by atoms with Crippen LogP contribution in [0.2, 0.25) is 0 Å². The Kier molecular flexibility index (Phi) is 8.93. The molecule has 0 spiro atoms. The van der Waals surface area contributed by atoms with Crippen molar-refractivity contribution in [2.24, 2.45) is 22.2 Å². The Morgan fingerprint density at radius 2 is 1.70 bits per heavy atom. The highest BCUT2D eigenvalue weighted by molar-refractivity contribution is 6.10. The number of anilines is 1. The van der Waals surface area contributed by atoms with E-state index in [9.17, 15) is 14.4 Å². The number of carbonyl (C=O) groups excluding carboxylic acids is 1. The van der Waals surface area contributed by atoms with Crippen LogP contribution in [0.15, 0.2) is 53.5 Å². The molecular formula is C23H29N5O5. The topological polar surface area (TPSA) is 185 Å². The molecule has 2 aromatic carbocycles. The van der Waals surface area contributed by atoms with Gasteiger partial charge in [-0.3, -0.25) is 19.4 Å². The van der Waals surface area contributed by atoms with E-state index in [-0.39, 0.29) is 11.9 Å². The Hall–Kier alpha value is -3.92. The molecule has 0 radical (unpaired) electrons. The lowest BCUT2D eigenvalue weighted by atomic mass is 10.0. The highest BCUT2D eigenvalue weighted by Gasteiger charge is 2.28. The van der Waals surface area contributed by atoms with Gasteiger partial charge < -0.3 is 32.3 Å². The maximum atomic E-state index is 12.4. The number of rotatable bonds is 8. The van der Waals surface area contributed by atoms with Crippen molar-refractivity contribution in [2.45, 2.75) is 38.3 Å². The van der Waals surface area contributed by atoms with Crippen LogP contribution in [-0.4, -0.2) is 46.6 Å². The molecule has 176 valence electrons. The maximum Gasteiger partial charge on any atom is 0.320 e. The van der Waals surface area contributed by atoms with Crippen LogP contribution in [0.5, 0.6) is 0 Å². The Balaban J connectivity index is 0.000000277. The second-order valence-electron chi connectivity index (χ2n) is 7.59. The van der Waals surface area contributed by atoms with E-state index in [1.165, 1.54) is 0 Å². The van der Waals surface area contributed by atoms with Crippen molar-refractivity contribution < 1.29 is 24.6 Å². The standard InChI is InChI=1S/C17H15NO3.C6H14N4O2/c1-11(17(20)21)12-6-8-14(9-7-12)18-10-13-4-2-3-5-15(13)16(18)19;7-4(5(11)12)2-1-3-10-6(8)9/h2-9,11H,10H2,1H3,(H,20,21);4H,1-3,7H2,(H,11,12)(H4,8,9,10)/t11-;4-/m10/s1. The lowest BCUT2D eigenvalue weighted by molar-refractivity contribution is -0.139. The van der Waals surface area contributed by atoms with E-state index in [2.05, 4.69) is 4.99 Å². The van der Waals surface area contributed by atoms with Crippen molar-refractivity contribution in [2.75, 3.05) is 11.4 Å². The Bertz CT molecular complexity index is 1020. The average molecular weight is 456 g/mol. The molecule has 0 bridgehead atoms. The molecule has 0 fully saturated rings. The third kappa shape index (κ3) is 7.04. The molecule has 1 aliphatic heterocycles. The molecule has 0 unspecified atom stereocenters. The lowest BCUT2D eigenvalue weighted by Crippen LogP contribution is -2.30. The van der Waals surface area contributed by atoms with Crippen molar-refractivity contribution >= 4 is 29.5 Å². The number of aliphatic imine (C=N–C) groups is 1. The first-order valence-electron chi connectivity index (χ1n) is 10.4. The van der Waals surface area contributed by atoms with Crippen LogP contribution in [0, 0.1) is 0 Å². The summed E-state index contributed by atoms with van der Waals surface area (Å²) in [5.41, 5.74) is 18.6. The summed E-state index contributed by atoms with van der Waals surface area (Å²) in [6, 6.07) is 13.9. The molecule has 1 amide bonds. The van der Waals surface area contributed by atoms with Gasteiger partial charge in [-0.15, -0.1) is 0 Å². The molecule has 10 nitrogen and oxygen atoms in total. The zero-order valence-electron chi connectivity index (χ0n) is 18.3. The van der Waals surface area contributed by atoms with Gasteiger partial charge in [-0.05, 0) is 49.1 Å². The number of carboxylic acids is 2. The second-order valence-corrected chi connectivity index (χ2v) is 7.59. The molecule has 2 aromatic rings. The molecule has 1 aliphatic rings. The van der Waals surface area contributed by atoms with Gasteiger partial charge in [0, 0.05) is 17.8 Å². The zero-order chi connectivity index (χ0) is 24.5. The molecule has 10 heteroatoms. The van der Waals surface area contributed by atoms with Crippen molar-refractivity contribution in [3.63, 3.8) is 0 Å². The molecular weight excluding hydrogens is 426 g/mol. The van der Waals surface area contributed by atoms with Gasteiger partial charge in [0.1, 0.15) is 6.04 Å². The van der Waals surface area contributed by atoms with Gasteiger partial charge >= 0.3 is 11.9 Å². The average Bonchev–Trinajstić information content (AvgIpc) is 3.13. The monoisotopic (exact) mass is 455 g/mol. The zero-order valence-corrected chi connectivity index (χ0v) is 18.3. The van der Waals surface area contributed by atoms with Crippen LogP contribution in [0.25, 0.3) is 0 Å². The van der Waals surface area contributed by atoms with Gasteiger partial charge in [-0.25, -0.2) is 0 Å². The second kappa shape index (κ2) is 11.6. The molecule has 3 rings (SSSR count). The minimum absolute atomic E-state index is 0.00960. The van der Waals surface area contributed by atoms with E-state index in [4.69, 9.17) is 27.4 Å². The highest BCUT2D eigenvalue weighted by Crippen LogP contribution is 2.29. The number of benzene rings is 2. The first kappa shape index (κ1) is 25.3. The fraction of sp³-hybridized carbons (Fsp3) is 0.304. The summed E-state index contributed by atoms with van der Waals surface area (Å²) in [5, 5.41) is 17.4. The van der Waals surface area contributed by atoms with E-state index >= 15 is 0 Å². The third-order valence-electron chi connectivity index (χ3n) is 5.18. The van der Waals surface area contributed by atoms with E-state index < -0.39 is 23.9 Å². The summed E-state index contributed by atoms with van der Waals surface area (Å²) in [4.78, 5) is 38.9. The number of aliphatic carboxylic acids is 2. The maximum absolute atomic E-state index is 12.4. The van der Waals surface area contributed by atoms with Gasteiger partial charge in [-0.2, -0.15) is 0 Å². The normalized spacial score (nSPS) is 13.9. The SMILES string of the molecule is C[C@@H](C(=O)O)c1ccc(N2Cc3ccccc3C2=O)cc1.NC(N)=NCCC[C@H](N)C(=O)O. The number of carboxylic acid groups (broad SMARTS) is 2. The Labute approximate surface area is 191 Å². The fourth-order valence-electron chi connectivity index (χ4n) is 3.19. The summed E-state index contributed by atoms with van der Waals surface area (Å²) in [6.07, 6.45) is 0.956.